The highest BCUT2D eigenvalue weighted by molar-refractivity contribution is 5.80. The van der Waals surface area contributed by atoms with E-state index in [4.69, 9.17) is 4.74 Å². The molecule has 2 aromatic carbocycles. The van der Waals surface area contributed by atoms with Crippen LogP contribution >= 0.6 is 0 Å². The first kappa shape index (κ1) is 23.6. The van der Waals surface area contributed by atoms with Crippen LogP contribution in [0.25, 0.3) is 16.7 Å². The Morgan fingerprint density at radius 3 is 2.46 bits per heavy atom. The van der Waals surface area contributed by atoms with Crippen molar-refractivity contribution in [2.45, 2.75) is 37.5 Å². The van der Waals surface area contributed by atoms with E-state index in [1.54, 1.807) is 6.07 Å². The molecule has 37 heavy (non-hydrogen) atoms. The largest absolute Gasteiger partial charge is 0.388 e. The highest BCUT2D eigenvalue weighted by Crippen LogP contribution is 2.37. The molecule has 0 radical (unpaired) electrons. The van der Waals surface area contributed by atoms with Crippen molar-refractivity contribution in [2.75, 3.05) is 19.7 Å². The lowest BCUT2D eigenvalue weighted by atomic mass is 9.89. The number of fused-ring (bicyclic) bond motifs is 1. The standard InChI is InChI=1S/C29H30N4O4/c34-27(23-12-18-37-25(23)21-7-3-1-4-8-21)31-16-13-29(36,14-17-31)19-32-20-30-26-24(28(32)35)11-15-33(26)22-9-5-2-6-10-22/h1-11,15,20,23,25,36H,12-14,16-19H2/t23-,25+/m1/s1. The normalized spacial score (nSPS) is 21.4. The molecule has 4 heterocycles. The number of aliphatic hydroxyl groups is 1. The minimum atomic E-state index is -1.08. The number of para-hydroxylation sites is 1. The zero-order valence-corrected chi connectivity index (χ0v) is 20.6. The first-order chi connectivity index (χ1) is 18.0. The zero-order chi connectivity index (χ0) is 25.4. The Kier molecular flexibility index (Phi) is 6.14. The van der Waals surface area contributed by atoms with Gasteiger partial charge in [-0.2, -0.15) is 0 Å². The molecule has 190 valence electrons. The molecule has 2 aliphatic heterocycles. The number of likely N-dealkylation sites (tertiary alicyclic amines) is 1. The minimum Gasteiger partial charge on any atom is -0.388 e. The molecule has 8 nitrogen and oxygen atoms in total. The van der Waals surface area contributed by atoms with Crippen LogP contribution in [0.3, 0.4) is 0 Å². The summed E-state index contributed by atoms with van der Waals surface area (Å²) in [7, 11) is 0. The van der Waals surface area contributed by atoms with E-state index in [0.717, 1.165) is 11.3 Å². The maximum atomic E-state index is 13.4. The number of piperidine rings is 1. The van der Waals surface area contributed by atoms with Crippen LogP contribution in [0.2, 0.25) is 0 Å². The van der Waals surface area contributed by atoms with Crippen LogP contribution in [-0.4, -0.2) is 55.3 Å². The van der Waals surface area contributed by atoms with E-state index in [1.165, 1.54) is 10.9 Å². The second-order valence-corrected chi connectivity index (χ2v) is 10.1. The third-order valence-electron chi connectivity index (χ3n) is 7.71. The molecule has 0 unspecified atom stereocenters. The van der Waals surface area contributed by atoms with Gasteiger partial charge in [0.05, 0.1) is 29.6 Å². The van der Waals surface area contributed by atoms with E-state index in [2.05, 4.69) is 4.98 Å². The van der Waals surface area contributed by atoms with Crippen molar-refractivity contribution in [3.05, 3.63) is 95.2 Å². The molecule has 8 heteroatoms. The summed E-state index contributed by atoms with van der Waals surface area (Å²) in [4.78, 5) is 33.0. The van der Waals surface area contributed by atoms with E-state index in [-0.39, 0.29) is 30.0 Å². The molecular formula is C29H30N4O4. The lowest BCUT2D eigenvalue weighted by molar-refractivity contribution is -0.142. The van der Waals surface area contributed by atoms with Gasteiger partial charge in [0.2, 0.25) is 5.91 Å². The number of ether oxygens (including phenoxy) is 1. The van der Waals surface area contributed by atoms with Crippen molar-refractivity contribution < 1.29 is 14.6 Å². The summed E-state index contributed by atoms with van der Waals surface area (Å²) in [6, 6.07) is 21.4. The maximum absolute atomic E-state index is 13.4. The fourth-order valence-corrected chi connectivity index (χ4v) is 5.63. The molecule has 6 rings (SSSR count). The second-order valence-electron chi connectivity index (χ2n) is 10.1. The van der Waals surface area contributed by atoms with Crippen molar-refractivity contribution in [1.29, 1.82) is 0 Å². The van der Waals surface area contributed by atoms with Crippen LogP contribution in [-0.2, 0) is 16.1 Å². The third kappa shape index (κ3) is 4.47. The predicted octanol–water partition coefficient (Wildman–Crippen LogP) is 3.32. The lowest BCUT2D eigenvalue weighted by Crippen LogP contribution is -2.51. The zero-order valence-electron chi connectivity index (χ0n) is 20.6. The SMILES string of the molecule is O=C([C@@H]1CCO[C@H]1c1ccccc1)N1CCC(O)(Cn2cnc3c(ccn3-c3ccccc3)c2=O)CC1. The Labute approximate surface area is 214 Å². The van der Waals surface area contributed by atoms with Gasteiger partial charge in [-0.25, -0.2) is 4.98 Å². The van der Waals surface area contributed by atoms with Gasteiger partial charge in [0.25, 0.3) is 5.56 Å². The number of carbonyl (C=O) groups excluding carboxylic acids is 1. The molecule has 2 saturated heterocycles. The molecule has 0 bridgehead atoms. The fourth-order valence-electron chi connectivity index (χ4n) is 5.63. The van der Waals surface area contributed by atoms with Crippen LogP contribution in [0.5, 0.6) is 0 Å². The van der Waals surface area contributed by atoms with Gasteiger partial charge in [-0.3, -0.25) is 14.2 Å². The quantitative estimate of drug-likeness (QED) is 0.456. The summed E-state index contributed by atoms with van der Waals surface area (Å²) in [5.74, 6) is -0.132. The van der Waals surface area contributed by atoms with Gasteiger partial charge in [-0.1, -0.05) is 48.5 Å². The van der Waals surface area contributed by atoms with Crippen LogP contribution in [0.1, 0.15) is 30.9 Å². The van der Waals surface area contributed by atoms with Crippen LogP contribution in [0, 0.1) is 5.92 Å². The summed E-state index contributed by atoms with van der Waals surface area (Å²) in [5, 5.41) is 11.9. The number of aromatic nitrogens is 3. The molecule has 0 spiro atoms. The average Bonchev–Trinajstić information content (AvgIpc) is 3.60. The lowest BCUT2D eigenvalue weighted by Gasteiger charge is -2.39. The van der Waals surface area contributed by atoms with Crippen molar-refractivity contribution in [1.82, 2.24) is 19.0 Å². The Bertz CT molecular complexity index is 1460. The fraction of sp³-hybridized carbons (Fsp3) is 0.345. The number of rotatable bonds is 5. The molecule has 0 saturated carbocycles. The molecule has 0 aliphatic carbocycles. The Hall–Kier alpha value is -3.75. The molecular weight excluding hydrogens is 468 g/mol. The highest BCUT2D eigenvalue weighted by Gasteiger charge is 2.41. The summed E-state index contributed by atoms with van der Waals surface area (Å²) in [5.41, 5.74) is 1.28. The van der Waals surface area contributed by atoms with Gasteiger partial charge in [0, 0.05) is 31.6 Å². The van der Waals surface area contributed by atoms with E-state index in [1.807, 2.05) is 76.3 Å². The third-order valence-corrected chi connectivity index (χ3v) is 7.71. The van der Waals surface area contributed by atoms with Gasteiger partial charge < -0.3 is 19.3 Å². The number of nitrogens with zero attached hydrogens (tertiary/aromatic N) is 4. The molecule has 2 fully saturated rings. The van der Waals surface area contributed by atoms with E-state index in [9.17, 15) is 14.7 Å². The van der Waals surface area contributed by atoms with Crippen LogP contribution in [0.15, 0.2) is 84.0 Å². The van der Waals surface area contributed by atoms with Gasteiger partial charge in [0.15, 0.2) is 5.65 Å². The number of hydrogen-bond donors (Lipinski definition) is 1. The molecule has 2 atom stereocenters. The molecule has 1 N–H and O–H groups in total. The number of hydrogen-bond acceptors (Lipinski definition) is 5. The molecule has 2 aromatic heterocycles. The summed E-state index contributed by atoms with van der Waals surface area (Å²) in [6.07, 6.45) is 4.62. The number of carbonyl (C=O) groups is 1. The van der Waals surface area contributed by atoms with Crippen molar-refractivity contribution in [2.24, 2.45) is 5.92 Å². The first-order valence-corrected chi connectivity index (χ1v) is 12.8. The summed E-state index contributed by atoms with van der Waals surface area (Å²) in [6.45, 7) is 1.61. The molecule has 1 amide bonds. The second kappa shape index (κ2) is 9.61. The van der Waals surface area contributed by atoms with Gasteiger partial charge in [-0.05, 0) is 43.0 Å². The molecule has 4 aromatic rings. The van der Waals surface area contributed by atoms with Crippen LogP contribution in [0.4, 0.5) is 0 Å². The summed E-state index contributed by atoms with van der Waals surface area (Å²) >= 11 is 0. The van der Waals surface area contributed by atoms with Crippen molar-refractivity contribution in [3.63, 3.8) is 0 Å². The monoisotopic (exact) mass is 498 g/mol. The highest BCUT2D eigenvalue weighted by atomic mass is 16.5. The van der Waals surface area contributed by atoms with Gasteiger partial charge in [0.1, 0.15) is 6.33 Å². The van der Waals surface area contributed by atoms with E-state index < -0.39 is 5.60 Å². The maximum Gasteiger partial charge on any atom is 0.262 e. The topological polar surface area (TPSA) is 89.6 Å². The average molecular weight is 499 g/mol. The minimum absolute atomic E-state index is 0.0795. The van der Waals surface area contributed by atoms with Crippen LogP contribution < -0.4 is 5.56 Å². The predicted molar refractivity (Wildman–Crippen MR) is 139 cm³/mol. The van der Waals surface area contributed by atoms with Crippen molar-refractivity contribution >= 4 is 16.9 Å². The first-order valence-electron chi connectivity index (χ1n) is 12.8. The van der Waals surface area contributed by atoms with Crippen molar-refractivity contribution in [3.8, 4) is 5.69 Å². The molecule has 2 aliphatic rings. The Morgan fingerprint density at radius 1 is 1.03 bits per heavy atom. The Morgan fingerprint density at radius 2 is 1.73 bits per heavy atom. The number of amides is 1. The van der Waals surface area contributed by atoms with Gasteiger partial charge in [-0.15, -0.1) is 0 Å². The van der Waals surface area contributed by atoms with E-state index >= 15 is 0 Å². The number of benzene rings is 2. The smallest absolute Gasteiger partial charge is 0.262 e. The van der Waals surface area contributed by atoms with Gasteiger partial charge >= 0.3 is 0 Å². The Balaban J connectivity index is 1.14. The summed E-state index contributed by atoms with van der Waals surface area (Å²) < 4.78 is 9.29. The van der Waals surface area contributed by atoms with E-state index in [0.29, 0.717) is 50.0 Å².